The molecule has 2 N–H and O–H groups in total. The van der Waals surface area contributed by atoms with Crippen LogP contribution in [0.4, 0.5) is 10.1 Å². The van der Waals surface area contributed by atoms with Gasteiger partial charge >= 0.3 is 0 Å². The zero-order valence-corrected chi connectivity index (χ0v) is 12.0. The average molecular weight is 291 g/mol. The molecule has 1 atom stereocenters. The topological polar surface area (TPSA) is 50.7 Å². The van der Waals surface area contributed by atoms with Crippen LogP contribution in [0.25, 0.3) is 0 Å². The van der Waals surface area contributed by atoms with E-state index >= 15 is 0 Å². The molecule has 112 valence electrons. The van der Waals surface area contributed by atoms with Crippen LogP contribution in [0.2, 0.25) is 0 Å². The van der Waals surface area contributed by atoms with Crippen molar-refractivity contribution < 1.29 is 19.0 Å². The zero-order valence-electron chi connectivity index (χ0n) is 12.0. The molecule has 2 aromatic carbocycles. The lowest BCUT2D eigenvalue weighted by Crippen LogP contribution is -2.15. The molecule has 1 unspecified atom stereocenters. The van der Waals surface area contributed by atoms with Crippen LogP contribution >= 0.6 is 0 Å². The fourth-order valence-corrected chi connectivity index (χ4v) is 2.02. The molecule has 0 aliphatic carbocycles. The van der Waals surface area contributed by atoms with Crippen molar-refractivity contribution >= 4 is 5.69 Å². The van der Waals surface area contributed by atoms with Crippen molar-refractivity contribution in [2.24, 2.45) is 0 Å². The van der Waals surface area contributed by atoms with Crippen LogP contribution in [-0.2, 0) is 0 Å². The summed E-state index contributed by atoms with van der Waals surface area (Å²) in [5.74, 6) is 0.474. The molecule has 0 aromatic heterocycles. The molecule has 0 aliphatic rings. The van der Waals surface area contributed by atoms with Gasteiger partial charge in [-0.3, -0.25) is 0 Å². The summed E-state index contributed by atoms with van der Waals surface area (Å²) in [6, 6.07) is 11.5. The van der Waals surface area contributed by atoms with Gasteiger partial charge in [0, 0.05) is 5.69 Å². The van der Waals surface area contributed by atoms with Gasteiger partial charge in [0.25, 0.3) is 0 Å². The Morgan fingerprint density at radius 3 is 2.33 bits per heavy atom. The highest BCUT2D eigenvalue weighted by Crippen LogP contribution is 2.25. The number of ether oxygens (including phenoxy) is 2. The molecular weight excluding hydrogens is 273 g/mol. The van der Waals surface area contributed by atoms with Crippen molar-refractivity contribution in [3.63, 3.8) is 0 Å². The van der Waals surface area contributed by atoms with E-state index in [1.54, 1.807) is 19.2 Å². The number of aliphatic hydroxyl groups excluding tert-OH is 1. The van der Waals surface area contributed by atoms with Crippen LogP contribution in [0.3, 0.4) is 0 Å². The second kappa shape index (κ2) is 6.95. The minimum atomic E-state index is -0.454. The molecule has 2 rings (SSSR count). The smallest absolute Gasteiger partial charge is 0.165 e. The molecule has 5 heteroatoms. The summed E-state index contributed by atoms with van der Waals surface area (Å²) >= 11 is 0. The molecule has 0 aliphatic heterocycles. The fraction of sp³-hybridized carbons (Fsp3) is 0.250. The van der Waals surface area contributed by atoms with Crippen LogP contribution in [0.15, 0.2) is 42.5 Å². The second-order valence-electron chi connectivity index (χ2n) is 4.50. The lowest BCUT2D eigenvalue weighted by Gasteiger charge is -2.19. The first-order chi connectivity index (χ1) is 10.2. The van der Waals surface area contributed by atoms with E-state index in [4.69, 9.17) is 9.47 Å². The van der Waals surface area contributed by atoms with Gasteiger partial charge in [-0.2, -0.15) is 0 Å². The maximum atomic E-state index is 13.7. The normalized spacial score (nSPS) is 11.8. The lowest BCUT2D eigenvalue weighted by atomic mass is 10.1. The molecule has 21 heavy (non-hydrogen) atoms. The van der Waals surface area contributed by atoms with Crippen LogP contribution in [0.1, 0.15) is 11.6 Å². The predicted octanol–water partition coefficient (Wildman–Crippen LogP) is 2.99. The molecular formula is C16H18FNO3. The first kappa shape index (κ1) is 15.1. The van der Waals surface area contributed by atoms with E-state index in [1.165, 1.54) is 13.2 Å². The highest BCUT2D eigenvalue weighted by Gasteiger charge is 2.13. The van der Waals surface area contributed by atoms with Crippen molar-refractivity contribution in [3.8, 4) is 11.5 Å². The number of halogens is 1. The summed E-state index contributed by atoms with van der Waals surface area (Å²) in [7, 11) is 3.01. The number of rotatable bonds is 6. The van der Waals surface area contributed by atoms with Crippen LogP contribution in [0.5, 0.6) is 11.5 Å². The number of nitrogens with one attached hydrogen (secondary N) is 1. The standard InChI is InChI=1S/C16H18FNO3/c1-20-13-6-4-12(5-7-13)18-15(10-19)11-3-8-16(21-2)14(17)9-11/h3-9,15,18-19H,10H2,1-2H3. The van der Waals surface area contributed by atoms with Crippen molar-refractivity contribution in [1.29, 1.82) is 0 Å². The van der Waals surface area contributed by atoms with Crippen molar-refractivity contribution in [3.05, 3.63) is 53.8 Å². The third kappa shape index (κ3) is 3.64. The van der Waals surface area contributed by atoms with Gasteiger partial charge in [-0.25, -0.2) is 4.39 Å². The Morgan fingerprint density at radius 2 is 1.81 bits per heavy atom. The summed E-state index contributed by atoms with van der Waals surface area (Å²) in [5, 5.41) is 12.7. The van der Waals surface area contributed by atoms with Crippen LogP contribution < -0.4 is 14.8 Å². The zero-order chi connectivity index (χ0) is 15.2. The Hall–Kier alpha value is -2.27. The molecule has 0 heterocycles. The first-order valence-corrected chi connectivity index (χ1v) is 6.52. The van der Waals surface area contributed by atoms with Gasteiger partial charge in [0.2, 0.25) is 0 Å². The third-order valence-electron chi connectivity index (χ3n) is 3.19. The highest BCUT2D eigenvalue weighted by molar-refractivity contribution is 5.48. The van der Waals surface area contributed by atoms with Gasteiger partial charge in [0.15, 0.2) is 11.6 Å². The van der Waals surface area contributed by atoms with Gasteiger partial charge in [-0.15, -0.1) is 0 Å². The summed E-state index contributed by atoms with van der Waals surface area (Å²) in [6.07, 6.45) is 0. The Balaban J connectivity index is 2.16. The van der Waals surface area contributed by atoms with Gasteiger partial charge in [0.05, 0.1) is 26.9 Å². The van der Waals surface area contributed by atoms with E-state index in [-0.39, 0.29) is 12.4 Å². The number of hydrogen-bond acceptors (Lipinski definition) is 4. The lowest BCUT2D eigenvalue weighted by molar-refractivity contribution is 0.276. The third-order valence-corrected chi connectivity index (χ3v) is 3.19. The fourth-order valence-electron chi connectivity index (χ4n) is 2.02. The molecule has 2 aromatic rings. The molecule has 0 saturated carbocycles. The average Bonchev–Trinajstić information content (AvgIpc) is 2.53. The minimum Gasteiger partial charge on any atom is -0.497 e. The maximum Gasteiger partial charge on any atom is 0.165 e. The van der Waals surface area contributed by atoms with Gasteiger partial charge in [0.1, 0.15) is 5.75 Å². The molecule has 0 radical (unpaired) electrons. The van der Waals surface area contributed by atoms with Gasteiger partial charge < -0.3 is 19.9 Å². The number of methoxy groups -OCH3 is 2. The van der Waals surface area contributed by atoms with E-state index in [0.29, 0.717) is 5.56 Å². The number of anilines is 1. The highest BCUT2D eigenvalue weighted by atomic mass is 19.1. The Morgan fingerprint density at radius 1 is 1.10 bits per heavy atom. The molecule has 0 spiro atoms. The molecule has 0 saturated heterocycles. The van der Waals surface area contributed by atoms with E-state index in [2.05, 4.69) is 5.32 Å². The Labute approximate surface area is 123 Å². The van der Waals surface area contributed by atoms with Crippen LogP contribution in [0, 0.1) is 5.82 Å². The Bertz CT molecular complexity index is 587. The molecule has 4 nitrogen and oxygen atoms in total. The van der Waals surface area contributed by atoms with Crippen molar-refractivity contribution in [2.45, 2.75) is 6.04 Å². The maximum absolute atomic E-state index is 13.7. The summed E-state index contributed by atoms with van der Waals surface area (Å²) in [4.78, 5) is 0. The van der Waals surface area contributed by atoms with Gasteiger partial charge in [-0.1, -0.05) is 6.07 Å². The van der Waals surface area contributed by atoms with Gasteiger partial charge in [-0.05, 0) is 42.0 Å². The Kier molecular flexibility index (Phi) is 5.00. The molecule has 0 bridgehead atoms. The number of hydrogen-bond donors (Lipinski definition) is 2. The minimum absolute atomic E-state index is 0.155. The molecule has 0 fully saturated rings. The largest absolute Gasteiger partial charge is 0.497 e. The van der Waals surface area contributed by atoms with Crippen molar-refractivity contribution in [1.82, 2.24) is 0 Å². The van der Waals surface area contributed by atoms with Crippen LogP contribution in [-0.4, -0.2) is 25.9 Å². The number of benzene rings is 2. The second-order valence-corrected chi connectivity index (χ2v) is 4.50. The van der Waals surface area contributed by atoms with E-state index in [0.717, 1.165) is 11.4 Å². The number of aliphatic hydroxyl groups is 1. The summed E-state index contributed by atoms with van der Waals surface area (Å²) in [5.41, 5.74) is 1.46. The van der Waals surface area contributed by atoms with E-state index in [1.807, 2.05) is 24.3 Å². The monoisotopic (exact) mass is 291 g/mol. The summed E-state index contributed by atoms with van der Waals surface area (Å²) in [6.45, 7) is -0.155. The first-order valence-electron chi connectivity index (χ1n) is 6.52. The van der Waals surface area contributed by atoms with Crippen molar-refractivity contribution in [2.75, 3.05) is 26.1 Å². The predicted molar refractivity (Wildman–Crippen MR) is 79.4 cm³/mol. The van der Waals surface area contributed by atoms with E-state index in [9.17, 15) is 9.50 Å². The summed E-state index contributed by atoms with van der Waals surface area (Å²) < 4.78 is 23.7. The quantitative estimate of drug-likeness (QED) is 0.859. The molecule has 0 amide bonds. The SMILES string of the molecule is COc1ccc(NC(CO)c2ccc(OC)c(F)c2)cc1. The van der Waals surface area contributed by atoms with E-state index < -0.39 is 11.9 Å².